The summed E-state index contributed by atoms with van der Waals surface area (Å²) in [5, 5.41) is 5.80. The Morgan fingerprint density at radius 1 is 0.913 bits per heavy atom. The Labute approximate surface area is 269 Å². The first-order chi connectivity index (χ1) is 21.9. The molecular weight excluding hydrogens is 584 g/mol. The summed E-state index contributed by atoms with van der Waals surface area (Å²) >= 11 is 0. The van der Waals surface area contributed by atoms with Gasteiger partial charge in [0.2, 0.25) is 11.8 Å². The smallest absolute Gasteiger partial charge is 0.325 e. The number of carbonyl (C=O) groups is 4. The molecule has 0 radical (unpaired) electrons. The van der Waals surface area contributed by atoms with Crippen molar-refractivity contribution in [2.24, 2.45) is 7.05 Å². The van der Waals surface area contributed by atoms with Gasteiger partial charge in [0, 0.05) is 32.4 Å². The van der Waals surface area contributed by atoms with E-state index in [-0.39, 0.29) is 35.5 Å². The zero-order chi connectivity index (χ0) is 33.1. The SMILES string of the molecule is Cn1cccc(C(=O)NC2CCN(C(=O)C3CC[C@@](C(=O)NCC(=O)OC(C)(C)C)(c4ccccc4)c4ccccc43)CC2)c1=O. The minimum Gasteiger partial charge on any atom is -0.459 e. The van der Waals surface area contributed by atoms with Crippen LogP contribution in [0.2, 0.25) is 0 Å². The van der Waals surface area contributed by atoms with Gasteiger partial charge in [-0.25, -0.2) is 0 Å². The van der Waals surface area contributed by atoms with E-state index < -0.39 is 28.8 Å². The number of aryl methyl sites for hydroxylation is 1. The molecule has 3 amide bonds. The van der Waals surface area contributed by atoms with Crippen molar-refractivity contribution in [3.05, 3.63) is 106 Å². The molecule has 0 saturated carbocycles. The maximum atomic E-state index is 14.1. The van der Waals surface area contributed by atoms with Gasteiger partial charge in [0.15, 0.2) is 0 Å². The van der Waals surface area contributed by atoms with Gasteiger partial charge in [0.1, 0.15) is 17.7 Å². The van der Waals surface area contributed by atoms with E-state index in [1.54, 1.807) is 40.1 Å². The van der Waals surface area contributed by atoms with Gasteiger partial charge in [-0.15, -0.1) is 0 Å². The summed E-state index contributed by atoms with van der Waals surface area (Å²) in [6.45, 7) is 6.00. The molecule has 2 aromatic carbocycles. The molecule has 10 nitrogen and oxygen atoms in total. The number of hydrogen-bond acceptors (Lipinski definition) is 6. The molecule has 3 aromatic rings. The molecule has 10 heteroatoms. The summed E-state index contributed by atoms with van der Waals surface area (Å²) in [5.74, 6) is -1.69. The summed E-state index contributed by atoms with van der Waals surface area (Å²) in [6, 6.07) is 20.1. The van der Waals surface area contributed by atoms with Gasteiger partial charge in [-0.1, -0.05) is 54.6 Å². The fourth-order valence-electron chi connectivity index (χ4n) is 6.67. The van der Waals surface area contributed by atoms with E-state index in [2.05, 4.69) is 10.6 Å². The van der Waals surface area contributed by atoms with E-state index in [1.165, 1.54) is 10.6 Å². The van der Waals surface area contributed by atoms with Gasteiger partial charge in [0.05, 0.1) is 11.3 Å². The number of pyridine rings is 1. The van der Waals surface area contributed by atoms with Crippen LogP contribution in [0.3, 0.4) is 0 Å². The van der Waals surface area contributed by atoms with Crippen LogP contribution in [0.15, 0.2) is 77.7 Å². The lowest BCUT2D eigenvalue weighted by atomic mass is 9.62. The van der Waals surface area contributed by atoms with Crippen LogP contribution in [-0.2, 0) is 31.6 Å². The van der Waals surface area contributed by atoms with E-state index in [9.17, 15) is 24.0 Å². The second-order valence-corrected chi connectivity index (χ2v) is 13.1. The quantitative estimate of drug-likeness (QED) is 0.387. The number of hydrogen-bond donors (Lipinski definition) is 2. The third-order valence-corrected chi connectivity index (χ3v) is 8.88. The van der Waals surface area contributed by atoms with Crippen molar-refractivity contribution < 1.29 is 23.9 Å². The molecule has 46 heavy (non-hydrogen) atoms. The van der Waals surface area contributed by atoms with Crippen molar-refractivity contribution in [1.29, 1.82) is 0 Å². The van der Waals surface area contributed by atoms with Crippen LogP contribution >= 0.6 is 0 Å². The number of nitrogens with one attached hydrogen (secondary N) is 2. The normalized spacial score (nSPS) is 19.9. The van der Waals surface area contributed by atoms with Crippen LogP contribution in [-0.4, -0.2) is 64.4 Å². The van der Waals surface area contributed by atoms with Crippen molar-refractivity contribution in [3.63, 3.8) is 0 Å². The van der Waals surface area contributed by atoms with Crippen LogP contribution < -0.4 is 16.2 Å². The number of esters is 1. The predicted octanol–water partition coefficient (Wildman–Crippen LogP) is 3.43. The number of carbonyl (C=O) groups excluding carboxylic acids is 4. The van der Waals surface area contributed by atoms with Crippen LogP contribution in [0.5, 0.6) is 0 Å². The largest absolute Gasteiger partial charge is 0.459 e. The number of aromatic nitrogens is 1. The Kier molecular flexibility index (Phi) is 9.46. The Hall–Kier alpha value is -4.73. The lowest BCUT2D eigenvalue weighted by Crippen LogP contribution is -2.52. The number of ether oxygens (including phenoxy) is 1. The van der Waals surface area contributed by atoms with E-state index >= 15 is 0 Å². The number of amides is 3. The molecule has 242 valence electrons. The van der Waals surface area contributed by atoms with E-state index in [4.69, 9.17) is 4.74 Å². The maximum Gasteiger partial charge on any atom is 0.325 e. The number of rotatable bonds is 7. The molecule has 1 unspecified atom stereocenters. The highest BCUT2D eigenvalue weighted by molar-refractivity contribution is 5.96. The summed E-state index contributed by atoms with van der Waals surface area (Å²) in [5.41, 5.74) is 0.310. The fourth-order valence-corrected chi connectivity index (χ4v) is 6.67. The minimum absolute atomic E-state index is 0.00928. The third kappa shape index (κ3) is 6.76. The van der Waals surface area contributed by atoms with Gasteiger partial charge in [0.25, 0.3) is 11.5 Å². The Morgan fingerprint density at radius 3 is 2.28 bits per heavy atom. The molecule has 2 aliphatic rings. The summed E-state index contributed by atoms with van der Waals surface area (Å²) in [4.78, 5) is 67.7. The second-order valence-electron chi connectivity index (χ2n) is 13.1. The van der Waals surface area contributed by atoms with Crippen molar-refractivity contribution in [3.8, 4) is 0 Å². The molecule has 1 saturated heterocycles. The predicted molar refractivity (Wildman–Crippen MR) is 173 cm³/mol. The van der Waals surface area contributed by atoms with Gasteiger partial charge < -0.3 is 24.8 Å². The number of benzene rings is 2. The first-order valence-corrected chi connectivity index (χ1v) is 15.8. The number of piperidine rings is 1. The topological polar surface area (TPSA) is 127 Å². The molecule has 5 rings (SSSR count). The molecule has 2 heterocycles. The van der Waals surface area contributed by atoms with Crippen LogP contribution in [0, 0.1) is 0 Å². The Balaban J connectivity index is 1.33. The molecule has 1 fully saturated rings. The van der Waals surface area contributed by atoms with Crippen molar-refractivity contribution >= 4 is 23.7 Å². The van der Waals surface area contributed by atoms with Gasteiger partial charge in [-0.2, -0.15) is 0 Å². The van der Waals surface area contributed by atoms with Crippen molar-refractivity contribution in [2.75, 3.05) is 19.6 Å². The number of fused-ring (bicyclic) bond motifs is 1. The van der Waals surface area contributed by atoms with Gasteiger partial charge >= 0.3 is 5.97 Å². The van der Waals surface area contributed by atoms with Gasteiger partial charge in [-0.3, -0.25) is 24.0 Å². The second kappa shape index (κ2) is 13.3. The standard InChI is InChI=1S/C36H42N4O6/c1-35(2,3)46-30(41)23-37-34(45)36(24-11-6-5-7-12-24)19-16-27(26-13-8-9-15-29(26)36)33(44)40-21-17-25(18-22-40)38-31(42)28-14-10-20-39(4)32(28)43/h5-15,20,25,27H,16-19,21-23H2,1-4H3,(H,37,45)(H,38,42)/t27?,36-/m1/s1. The lowest BCUT2D eigenvalue weighted by molar-refractivity contribution is -0.154. The maximum absolute atomic E-state index is 14.1. The van der Waals surface area contributed by atoms with E-state index in [0.29, 0.717) is 38.8 Å². The number of nitrogens with zero attached hydrogens (tertiary/aromatic N) is 2. The Morgan fingerprint density at radius 2 is 1.59 bits per heavy atom. The first-order valence-electron chi connectivity index (χ1n) is 15.8. The molecule has 1 aromatic heterocycles. The summed E-state index contributed by atoms with van der Waals surface area (Å²) in [6.07, 6.45) is 3.56. The van der Waals surface area contributed by atoms with Crippen LogP contribution in [0.1, 0.15) is 79.4 Å². The monoisotopic (exact) mass is 626 g/mol. The Bertz CT molecular complexity index is 1670. The fraction of sp³-hybridized carbons (Fsp3) is 0.417. The van der Waals surface area contributed by atoms with Crippen molar-refractivity contribution in [1.82, 2.24) is 20.1 Å². The third-order valence-electron chi connectivity index (χ3n) is 8.88. The average molecular weight is 627 g/mol. The molecule has 0 spiro atoms. The average Bonchev–Trinajstić information content (AvgIpc) is 3.04. The van der Waals surface area contributed by atoms with E-state index in [0.717, 1.165) is 16.7 Å². The van der Waals surface area contributed by atoms with Crippen LogP contribution in [0.25, 0.3) is 0 Å². The molecular formula is C36H42N4O6. The molecule has 2 N–H and O–H groups in total. The van der Waals surface area contributed by atoms with E-state index in [1.807, 2.05) is 59.5 Å². The highest BCUT2D eigenvalue weighted by Crippen LogP contribution is 2.48. The molecule has 1 aliphatic heterocycles. The van der Waals surface area contributed by atoms with Crippen LogP contribution in [0.4, 0.5) is 0 Å². The summed E-state index contributed by atoms with van der Waals surface area (Å²) < 4.78 is 6.79. The first kappa shape index (κ1) is 32.7. The zero-order valence-corrected chi connectivity index (χ0v) is 26.9. The number of likely N-dealkylation sites (tertiary alicyclic amines) is 1. The highest BCUT2D eigenvalue weighted by Gasteiger charge is 2.49. The van der Waals surface area contributed by atoms with Gasteiger partial charge in [-0.05, 0) is 75.3 Å². The molecule has 2 atom stereocenters. The lowest BCUT2D eigenvalue weighted by Gasteiger charge is -2.42. The minimum atomic E-state index is -1.09. The molecule has 0 bridgehead atoms. The zero-order valence-electron chi connectivity index (χ0n) is 26.9. The highest BCUT2D eigenvalue weighted by atomic mass is 16.6. The van der Waals surface area contributed by atoms with Crippen molar-refractivity contribution in [2.45, 2.75) is 69.4 Å². The summed E-state index contributed by atoms with van der Waals surface area (Å²) in [7, 11) is 1.60. The molecule has 1 aliphatic carbocycles.